The first-order chi connectivity index (χ1) is 13.0. The molecular weight excluding hydrogens is 408 g/mol. The van der Waals surface area contributed by atoms with Crippen molar-refractivity contribution in [3.05, 3.63) is 58.6 Å². The van der Waals surface area contributed by atoms with Crippen LogP contribution in [0, 0.1) is 0 Å². The summed E-state index contributed by atoms with van der Waals surface area (Å²) in [5.74, 6) is 1.64. The Labute approximate surface area is 169 Å². The minimum Gasteiger partial charge on any atom is -0.496 e. The molecule has 0 saturated heterocycles. The summed E-state index contributed by atoms with van der Waals surface area (Å²) in [6.07, 6.45) is 1.09. The predicted octanol–water partition coefficient (Wildman–Crippen LogP) is 4.04. The summed E-state index contributed by atoms with van der Waals surface area (Å²) < 4.78 is 12.1. The second-order valence-corrected chi connectivity index (χ2v) is 7.26. The van der Waals surface area contributed by atoms with Crippen molar-refractivity contribution in [3.8, 4) is 11.5 Å². The van der Waals surface area contributed by atoms with Gasteiger partial charge in [-0.1, -0.05) is 30.3 Å². The zero-order chi connectivity index (χ0) is 19.6. The second kappa shape index (κ2) is 10.9. The quantitative estimate of drug-likeness (QED) is 0.573. The van der Waals surface area contributed by atoms with E-state index in [2.05, 4.69) is 26.1 Å². The number of likely N-dealkylation sites (N-methyl/N-ethyl adjacent to an activating group) is 1. The lowest BCUT2D eigenvalue weighted by molar-refractivity contribution is -0.121. The van der Waals surface area contributed by atoms with Crippen LogP contribution in [0.1, 0.15) is 24.4 Å². The minimum absolute atomic E-state index is 0.0208. The van der Waals surface area contributed by atoms with Crippen LogP contribution in [0.2, 0.25) is 0 Å². The van der Waals surface area contributed by atoms with Gasteiger partial charge in [0.25, 0.3) is 0 Å². The van der Waals surface area contributed by atoms with Gasteiger partial charge in [0.15, 0.2) is 0 Å². The number of amides is 1. The number of nitrogens with zero attached hydrogens (tertiary/aromatic N) is 1. The molecule has 2 aromatic carbocycles. The molecule has 1 amide bonds. The molecule has 146 valence electrons. The van der Waals surface area contributed by atoms with Crippen molar-refractivity contribution >= 4 is 21.8 Å². The first-order valence-electron chi connectivity index (χ1n) is 8.96. The lowest BCUT2D eigenvalue weighted by Gasteiger charge is -2.26. The summed E-state index contributed by atoms with van der Waals surface area (Å²) >= 11 is 3.45. The maximum absolute atomic E-state index is 12.2. The van der Waals surface area contributed by atoms with Crippen molar-refractivity contribution in [2.75, 3.05) is 34.4 Å². The van der Waals surface area contributed by atoms with Crippen LogP contribution < -0.4 is 14.8 Å². The lowest BCUT2D eigenvalue weighted by Crippen LogP contribution is -2.34. The van der Waals surface area contributed by atoms with Gasteiger partial charge in [0.2, 0.25) is 5.91 Å². The van der Waals surface area contributed by atoms with Gasteiger partial charge in [-0.25, -0.2) is 0 Å². The van der Waals surface area contributed by atoms with E-state index in [1.54, 1.807) is 7.11 Å². The van der Waals surface area contributed by atoms with Crippen LogP contribution in [0.15, 0.2) is 53.0 Å². The summed E-state index contributed by atoms with van der Waals surface area (Å²) in [7, 11) is 5.65. The molecule has 1 N–H and O–H groups in total. The molecule has 1 unspecified atom stereocenters. The van der Waals surface area contributed by atoms with Crippen LogP contribution in [0.25, 0.3) is 0 Å². The van der Waals surface area contributed by atoms with Crippen molar-refractivity contribution in [3.63, 3.8) is 0 Å². The molecular formula is C21H27BrN2O3. The summed E-state index contributed by atoms with van der Waals surface area (Å²) in [5.41, 5.74) is 1.06. The second-order valence-electron chi connectivity index (χ2n) is 6.41. The van der Waals surface area contributed by atoms with E-state index in [0.29, 0.717) is 26.0 Å². The molecule has 2 rings (SSSR count). The normalized spacial score (nSPS) is 11.9. The zero-order valence-corrected chi connectivity index (χ0v) is 17.7. The third-order valence-corrected chi connectivity index (χ3v) is 4.91. The Balaban J connectivity index is 1.80. The van der Waals surface area contributed by atoms with Crippen LogP contribution >= 0.6 is 15.9 Å². The monoisotopic (exact) mass is 434 g/mol. The Morgan fingerprint density at radius 2 is 1.78 bits per heavy atom. The van der Waals surface area contributed by atoms with Gasteiger partial charge in [0.1, 0.15) is 11.5 Å². The number of nitrogens with one attached hydrogen (secondary N) is 1. The molecule has 5 nitrogen and oxygen atoms in total. The van der Waals surface area contributed by atoms with E-state index in [-0.39, 0.29) is 11.9 Å². The van der Waals surface area contributed by atoms with Gasteiger partial charge >= 0.3 is 0 Å². The highest BCUT2D eigenvalue weighted by atomic mass is 79.9. The number of halogens is 1. The topological polar surface area (TPSA) is 50.8 Å². The van der Waals surface area contributed by atoms with E-state index in [4.69, 9.17) is 9.47 Å². The Morgan fingerprint density at radius 3 is 2.44 bits per heavy atom. The number of carbonyl (C=O) groups excluding carboxylic acids is 1. The first kappa shape index (κ1) is 21.3. The number of ether oxygens (including phenoxy) is 2. The third kappa shape index (κ3) is 6.56. The fourth-order valence-corrected chi connectivity index (χ4v) is 3.19. The number of carbonyl (C=O) groups is 1. The molecule has 6 heteroatoms. The lowest BCUT2D eigenvalue weighted by atomic mass is 10.0. The summed E-state index contributed by atoms with van der Waals surface area (Å²) in [6, 6.07) is 15.6. The SMILES string of the molecule is COc1ccccc1C(CNC(=O)CCCOc1ccccc1Br)N(C)C. The van der Waals surface area contributed by atoms with Crippen molar-refractivity contribution in [1.82, 2.24) is 10.2 Å². The van der Waals surface area contributed by atoms with E-state index in [1.807, 2.05) is 62.6 Å². The van der Waals surface area contributed by atoms with Gasteiger partial charge in [-0.3, -0.25) is 4.79 Å². The number of hydrogen-bond acceptors (Lipinski definition) is 4. The summed E-state index contributed by atoms with van der Waals surface area (Å²) in [4.78, 5) is 14.3. The fourth-order valence-electron chi connectivity index (χ4n) is 2.79. The van der Waals surface area contributed by atoms with Gasteiger partial charge in [0.05, 0.1) is 24.2 Å². The van der Waals surface area contributed by atoms with E-state index in [9.17, 15) is 4.79 Å². The van der Waals surface area contributed by atoms with E-state index in [0.717, 1.165) is 21.5 Å². The number of para-hydroxylation sites is 2. The average Bonchev–Trinajstić information content (AvgIpc) is 2.66. The molecule has 1 atom stereocenters. The number of rotatable bonds is 10. The van der Waals surface area contributed by atoms with Gasteiger partial charge < -0.3 is 19.7 Å². The molecule has 27 heavy (non-hydrogen) atoms. The standard InChI is InChI=1S/C21H27BrN2O3/c1-24(2)18(16-9-4-6-11-19(16)26-3)15-23-21(25)13-8-14-27-20-12-7-5-10-17(20)22/h4-7,9-12,18H,8,13-15H2,1-3H3,(H,23,25). The highest BCUT2D eigenvalue weighted by molar-refractivity contribution is 9.10. The first-order valence-corrected chi connectivity index (χ1v) is 9.75. The van der Waals surface area contributed by atoms with E-state index < -0.39 is 0 Å². The predicted molar refractivity (Wildman–Crippen MR) is 111 cm³/mol. The fraction of sp³-hybridized carbons (Fsp3) is 0.381. The maximum Gasteiger partial charge on any atom is 0.220 e. The van der Waals surface area contributed by atoms with Gasteiger partial charge in [-0.15, -0.1) is 0 Å². The molecule has 0 aromatic heterocycles. The van der Waals surface area contributed by atoms with E-state index in [1.165, 1.54) is 0 Å². The highest BCUT2D eigenvalue weighted by Gasteiger charge is 2.18. The van der Waals surface area contributed by atoms with Crippen LogP contribution in [0.3, 0.4) is 0 Å². The van der Waals surface area contributed by atoms with Crippen LogP contribution in [0.5, 0.6) is 11.5 Å². The Hall–Kier alpha value is -2.05. The Bertz CT molecular complexity index is 737. The van der Waals surface area contributed by atoms with E-state index >= 15 is 0 Å². The van der Waals surface area contributed by atoms with Gasteiger partial charge in [-0.05, 0) is 54.6 Å². The maximum atomic E-state index is 12.2. The van der Waals surface area contributed by atoms with Crippen molar-refractivity contribution in [2.24, 2.45) is 0 Å². The number of methoxy groups -OCH3 is 1. The molecule has 2 aromatic rings. The number of hydrogen-bond donors (Lipinski definition) is 1. The van der Waals surface area contributed by atoms with Crippen LogP contribution in [-0.4, -0.2) is 45.2 Å². The zero-order valence-electron chi connectivity index (χ0n) is 16.1. The van der Waals surface area contributed by atoms with Crippen molar-refractivity contribution in [2.45, 2.75) is 18.9 Å². The Morgan fingerprint density at radius 1 is 1.11 bits per heavy atom. The third-order valence-electron chi connectivity index (χ3n) is 4.26. The van der Waals surface area contributed by atoms with Gasteiger partial charge in [-0.2, -0.15) is 0 Å². The Kier molecular flexibility index (Phi) is 8.61. The highest BCUT2D eigenvalue weighted by Crippen LogP contribution is 2.27. The molecule has 0 saturated carbocycles. The molecule has 0 aliphatic carbocycles. The average molecular weight is 435 g/mol. The molecule has 0 heterocycles. The smallest absolute Gasteiger partial charge is 0.220 e. The largest absolute Gasteiger partial charge is 0.496 e. The molecule has 0 aliphatic heterocycles. The van der Waals surface area contributed by atoms with Crippen molar-refractivity contribution in [1.29, 1.82) is 0 Å². The minimum atomic E-state index is 0.0208. The van der Waals surface area contributed by atoms with Crippen LogP contribution in [0.4, 0.5) is 0 Å². The molecule has 0 spiro atoms. The molecule has 0 fully saturated rings. The number of benzene rings is 2. The molecule has 0 radical (unpaired) electrons. The summed E-state index contributed by atoms with van der Waals surface area (Å²) in [5, 5.41) is 3.02. The van der Waals surface area contributed by atoms with Gasteiger partial charge in [0, 0.05) is 18.5 Å². The molecule has 0 bridgehead atoms. The summed E-state index contributed by atoms with van der Waals surface area (Å²) in [6.45, 7) is 1.02. The van der Waals surface area contributed by atoms with Crippen molar-refractivity contribution < 1.29 is 14.3 Å². The molecule has 0 aliphatic rings. The van der Waals surface area contributed by atoms with Crippen LogP contribution in [-0.2, 0) is 4.79 Å².